The van der Waals surface area contributed by atoms with Crippen LogP contribution in [0.1, 0.15) is 12.8 Å². The Kier molecular flexibility index (Phi) is 4.37. The molecule has 0 unspecified atom stereocenters. The standard InChI is InChI=1S/C14H23N3O2/c1-17(10-4-5-10)7-6-16-12-9-14(19-3)13(18-2)8-11(12)15/h8-10,16H,4-7,15H2,1-3H3. The highest BCUT2D eigenvalue weighted by molar-refractivity contribution is 5.72. The molecular weight excluding hydrogens is 242 g/mol. The van der Waals surface area contributed by atoms with Gasteiger partial charge in [0.05, 0.1) is 25.6 Å². The highest BCUT2D eigenvalue weighted by atomic mass is 16.5. The van der Waals surface area contributed by atoms with Gasteiger partial charge in [-0.25, -0.2) is 0 Å². The lowest BCUT2D eigenvalue weighted by Gasteiger charge is -2.18. The van der Waals surface area contributed by atoms with E-state index >= 15 is 0 Å². The van der Waals surface area contributed by atoms with Gasteiger partial charge in [0.15, 0.2) is 11.5 Å². The summed E-state index contributed by atoms with van der Waals surface area (Å²) in [7, 11) is 5.39. The summed E-state index contributed by atoms with van der Waals surface area (Å²) in [5.74, 6) is 1.34. The quantitative estimate of drug-likeness (QED) is 0.736. The van der Waals surface area contributed by atoms with Gasteiger partial charge in [-0.3, -0.25) is 0 Å². The molecule has 1 aliphatic rings. The predicted octanol–water partition coefficient (Wildman–Crippen LogP) is 1.79. The van der Waals surface area contributed by atoms with E-state index < -0.39 is 0 Å². The number of ether oxygens (including phenoxy) is 2. The van der Waals surface area contributed by atoms with E-state index in [1.54, 1.807) is 20.3 Å². The number of rotatable bonds is 7. The first-order valence-electron chi connectivity index (χ1n) is 6.61. The van der Waals surface area contributed by atoms with Gasteiger partial charge in [0.25, 0.3) is 0 Å². The molecule has 1 fully saturated rings. The second-order valence-electron chi connectivity index (χ2n) is 4.93. The summed E-state index contributed by atoms with van der Waals surface area (Å²) >= 11 is 0. The first-order valence-corrected chi connectivity index (χ1v) is 6.61. The summed E-state index contributed by atoms with van der Waals surface area (Å²) in [6.45, 7) is 1.88. The molecule has 1 saturated carbocycles. The number of likely N-dealkylation sites (N-methyl/N-ethyl adjacent to an activating group) is 1. The summed E-state index contributed by atoms with van der Waals surface area (Å²) in [4.78, 5) is 2.38. The molecule has 0 heterocycles. The monoisotopic (exact) mass is 265 g/mol. The summed E-state index contributed by atoms with van der Waals surface area (Å²) < 4.78 is 10.5. The SMILES string of the molecule is COc1cc(N)c(NCCN(C)C2CC2)cc1OC. The number of hydrogen-bond donors (Lipinski definition) is 2. The van der Waals surface area contributed by atoms with Gasteiger partial charge in [-0.05, 0) is 19.9 Å². The number of methoxy groups -OCH3 is 2. The topological polar surface area (TPSA) is 59.8 Å². The van der Waals surface area contributed by atoms with Crippen LogP contribution in [0, 0.1) is 0 Å². The summed E-state index contributed by atoms with van der Waals surface area (Å²) in [6, 6.07) is 4.45. The largest absolute Gasteiger partial charge is 0.493 e. The summed E-state index contributed by atoms with van der Waals surface area (Å²) in [6.07, 6.45) is 2.66. The normalized spacial score (nSPS) is 14.5. The van der Waals surface area contributed by atoms with E-state index in [4.69, 9.17) is 15.2 Å². The Hall–Kier alpha value is -1.62. The molecule has 0 bridgehead atoms. The maximum Gasteiger partial charge on any atom is 0.162 e. The fourth-order valence-corrected chi connectivity index (χ4v) is 2.11. The molecule has 0 radical (unpaired) electrons. The first kappa shape index (κ1) is 13.8. The van der Waals surface area contributed by atoms with E-state index in [1.165, 1.54) is 12.8 Å². The van der Waals surface area contributed by atoms with E-state index in [1.807, 2.05) is 6.07 Å². The van der Waals surface area contributed by atoms with E-state index in [0.717, 1.165) is 24.8 Å². The zero-order valence-electron chi connectivity index (χ0n) is 11.9. The van der Waals surface area contributed by atoms with E-state index in [0.29, 0.717) is 17.2 Å². The van der Waals surface area contributed by atoms with Gasteiger partial charge in [-0.1, -0.05) is 0 Å². The van der Waals surface area contributed by atoms with Crippen LogP contribution in [-0.4, -0.2) is 45.3 Å². The Morgan fingerprint density at radius 1 is 1.26 bits per heavy atom. The maximum absolute atomic E-state index is 6.00. The minimum atomic E-state index is 0.653. The molecule has 3 N–H and O–H groups in total. The molecule has 106 valence electrons. The van der Waals surface area contributed by atoms with Crippen LogP contribution in [-0.2, 0) is 0 Å². The molecule has 1 aromatic rings. The van der Waals surface area contributed by atoms with Gasteiger partial charge >= 0.3 is 0 Å². The van der Waals surface area contributed by atoms with Gasteiger partial charge in [-0.15, -0.1) is 0 Å². The first-order chi connectivity index (χ1) is 9.15. The average molecular weight is 265 g/mol. The van der Waals surface area contributed by atoms with Crippen molar-refractivity contribution in [3.05, 3.63) is 12.1 Å². The summed E-state index contributed by atoms with van der Waals surface area (Å²) in [5, 5.41) is 3.35. The number of nitrogen functional groups attached to an aromatic ring is 1. The van der Waals surface area contributed by atoms with Crippen molar-refractivity contribution in [3.63, 3.8) is 0 Å². The van der Waals surface area contributed by atoms with E-state index in [-0.39, 0.29) is 0 Å². The van der Waals surface area contributed by atoms with Gasteiger partial charge in [-0.2, -0.15) is 0 Å². The smallest absolute Gasteiger partial charge is 0.162 e. The third-order valence-corrected chi connectivity index (χ3v) is 3.51. The highest BCUT2D eigenvalue weighted by Gasteiger charge is 2.25. The van der Waals surface area contributed by atoms with Crippen LogP contribution in [0.15, 0.2) is 12.1 Å². The fourth-order valence-electron chi connectivity index (χ4n) is 2.11. The molecule has 0 aliphatic heterocycles. The number of benzene rings is 1. The lowest BCUT2D eigenvalue weighted by atomic mass is 10.2. The number of nitrogens with zero attached hydrogens (tertiary/aromatic N) is 1. The maximum atomic E-state index is 6.00. The molecule has 0 saturated heterocycles. The third-order valence-electron chi connectivity index (χ3n) is 3.51. The Morgan fingerprint density at radius 2 is 1.89 bits per heavy atom. The van der Waals surface area contributed by atoms with Crippen LogP contribution < -0.4 is 20.5 Å². The fraction of sp³-hybridized carbons (Fsp3) is 0.571. The Morgan fingerprint density at radius 3 is 2.47 bits per heavy atom. The predicted molar refractivity (Wildman–Crippen MR) is 78.1 cm³/mol. The van der Waals surface area contributed by atoms with Gasteiger partial charge in [0.1, 0.15) is 0 Å². The average Bonchev–Trinajstić information content (AvgIpc) is 3.24. The van der Waals surface area contributed by atoms with Crippen molar-refractivity contribution in [2.75, 3.05) is 45.4 Å². The lowest BCUT2D eigenvalue weighted by Crippen LogP contribution is -2.27. The minimum Gasteiger partial charge on any atom is -0.493 e. The number of nitrogens with one attached hydrogen (secondary N) is 1. The van der Waals surface area contributed by atoms with Crippen molar-refractivity contribution in [1.29, 1.82) is 0 Å². The van der Waals surface area contributed by atoms with Crippen LogP contribution in [0.3, 0.4) is 0 Å². The van der Waals surface area contributed by atoms with Gasteiger partial charge < -0.3 is 25.4 Å². The Balaban J connectivity index is 1.95. The van der Waals surface area contributed by atoms with E-state index in [9.17, 15) is 0 Å². The molecular formula is C14H23N3O2. The Labute approximate surface area is 114 Å². The molecule has 2 rings (SSSR count). The van der Waals surface area contributed by atoms with Crippen molar-refractivity contribution < 1.29 is 9.47 Å². The third kappa shape index (κ3) is 3.44. The molecule has 0 spiro atoms. The zero-order valence-corrected chi connectivity index (χ0v) is 11.9. The highest BCUT2D eigenvalue weighted by Crippen LogP contribution is 2.34. The van der Waals surface area contributed by atoms with Crippen LogP contribution in [0.2, 0.25) is 0 Å². The second kappa shape index (κ2) is 6.02. The van der Waals surface area contributed by atoms with Crippen LogP contribution in [0.5, 0.6) is 11.5 Å². The van der Waals surface area contributed by atoms with Gasteiger partial charge in [0, 0.05) is 31.3 Å². The van der Waals surface area contributed by atoms with Gasteiger partial charge in [0.2, 0.25) is 0 Å². The molecule has 5 nitrogen and oxygen atoms in total. The van der Waals surface area contributed by atoms with Crippen molar-refractivity contribution >= 4 is 11.4 Å². The van der Waals surface area contributed by atoms with Crippen LogP contribution >= 0.6 is 0 Å². The van der Waals surface area contributed by atoms with Crippen molar-refractivity contribution in [2.24, 2.45) is 0 Å². The number of anilines is 2. The van der Waals surface area contributed by atoms with Crippen molar-refractivity contribution in [1.82, 2.24) is 4.90 Å². The van der Waals surface area contributed by atoms with Crippen LogP contribution in [0.4, 0.5) is 11.4 Å². The van der Waals surface area contributed by atoms with Crippen molar-refractivity contribution in [3.8, 4) is 11.5 Å². The molecule has 0 atom stereocenters. The second-order valence-corrected chi connectivity index (χ2v) is 4.93. The number of hydrogen-bond acceptors (Lipinski definition) is 5. The molecule has 0 amide bonds. The van der Waals surface area contributed by atoms with E-state index in [2.05, 4.69) is 17.3 Å². The summed E-state index contributed by atoms with van der Waals surface area (Å²) in [5.41, 5.74) is 7.56. The molecule has 1 aliphatic carbocycles. The molecule has 5 heteroatoms. The molecule has 1 aromatic carbocycles. The number of nitrogens with two attached hydrogens (primary N) is 1. The lowest BCUT2D eigenvalue weighted by molar-refractivity contribution is 0.337. The van der Waals surface area contributed by atoms with Crippen molar-refractivity contribution in [2.45, 2.75) is 18.9 Å². The minimum absolute atomic E-state index is 0.653. The zero-order chi connectivity index (χ0) is 13.8. The molecule has 19 heavy (non-hydrogen) atoms. The Bertz CT molecular complexity index is 433. The van der Waals surface area contributed by atoms with Crippen LogP contribution in [0.25, 0.3) is 0 Å². The molecule has 0 aromatic heterocycles.